The molecule has 1 atom stereocenters. The zero-order valence-electron chi connectivity index (χ0n) is 11.8. The Kier molecular flexibility index (Phi) is 5.86. The summed E-state index contributed by atoms with van der Waals surface area (Å²) in [4.78, 5) is 35.4. The molecule has 1 aromatic rings. The molecule has 1 aromatic carbocycles. The predicted octanol–water partition coefficient (Wildman–Crippen LogP) is 1.48. The molecule has 1 saturated heterocycles. The Morgan fingerprint density at radius 1 is 1.15 bits per heavy atom. The number of rotatable bonds is 2. The summed E-state index contributed by atoms with van der Waals surface area (Å²) >= 11 is 0. The van der Waals surface area contributed by atoms with Gasteiger partial charge in [0, 0.05) is 14.2 Å². The van der Waals surface area contributed by atoms with E-state index >= 15 is 0 Å². The van der Waals surface area contributed by atoms with E-state index in [0.717, 1.165) is 10.5 Å². The number of imide groups is 2. The number of hydrogen-bond acceptors (Lipinski definition) is 4. The van der Waals surface area contributed by atoms with E-state index < -0.39 is 17.8 Å². The topological polar surface area (TPSA) is 75.7 Å². The Balaban J connectivity index is 0.000000612. The van der Waals surface area contributed by atoms with Crippen LogP contribution in [0.25, 0.3) is 0 Å². The molecule has 6 heteroatoms. The molecule has 1 fully saturated rings. The normalized spacial score (nSPS) is 16.1. The minimum absolute atomic E-state index is 0.275. The first-order chi connectivity index (χ1) is 9.51. The number of benzene rings is 1. The molecule has 0 saturated carbocycles. The zero-order valence-corrected chi connectivity index (χ0v) is 11.8. The minimum atomic E-state index is -0.650. The monoisotopic (exact) mass is 278 g/mol. The van der Waals surface area contributed by atoms with Crippen molar-refractivity contribution in [3.05, 3.63) is 35.9 Å². The number of urea groups is 1. The maximum absolute atomic E-state index is 11.7. The summed E-state index contributed by atoms with van der Waals surface area (Å²) in [5, 5.41) is 2.14. The number of nitrogens with one attached hydrogen (secondary N) is 1. The maximum atomic E-state index is 11.7. The highest BCUT2D eigenvalue weighted by Crippen LogP contribution is 2.22. The highest BCUT2D eigenvalue weighted by molar-refractivity contribution is 6.14. The van der Waals surface area contributed by atoms with Crippen molar-refractivity contribution in [3.63, 3.8) is 0 Å². The van der Waals surface area contributed by atoms with E-state index in [1.165, 1.54) is 0 Å². The van der Waals surface area contributed by atoms with Crippen molar-refractivity contribution in [2.45, 2.75) is 19.4 Å². The van der Waals surface area contributed by atoms with Gasteiger partial charge in [-0.1, -0.05) is 30.3 Å². The lowest BCUT2D eigenvalue weighted by molar-refractivity contribution is -0.137. The number of barbiturate groups is 1. The zero-order chi connectivity index (χ0) is 15.1. The molecule has 1 aliphatic rings. The van der Waals surface area contributed by atoms with Crippen LogP contribution in [-0.4, -0.2) is 37.0 Å². The van der Waals surface area contributed by atoms with Gasteiger partial charge in [0.2, 0.25) is 11.8 Å². The third-order valence-electron chi connectivity index (χ3n) is 2.71. The van der Waals surface area contributed by atoms with Gasteiger partial charge in [-0.25, -0.2) is 4.79 Å². The molecular formula is C14H18N2O4. The van der Waals surface area contributed by atoms with Crippen LogP contribution in [0.5, 0.6) is 0 Å². The molecule has 0 aliphatic carbocycles. The fourth-order valence-electron chi connectivity index (χ4n) is 1.83. The minimum Gasteiger partial charge on any atom is -0.388 e. The summed E-state index contributed by atoms with van der Waals surface area (Å²) in [6, 6.07) is 8.17. The van der Waals surface area contributed by atoms with E-state index in [1.807, 2.05) is 30.3 Å². The first-order valence-corrected chi connectivity index (χ1v) is 6.12. The van der Waals surface area contributed by atoms with E-state index in [2.05, 4.69) is 10.1 Å². The SMILES string of the molecule is CC(c1ccccc1)N1C(=O)CC(=O)NC1=O.COC. The second-order valence-electron chi connectivity index (χ2n) is 4.29. The molecule has 6 nitrogen and oxygen atoms in total. The quantitative estimate of drug-likeness (QED) is 0.831. The second-order valence-corrected chi connectivity index (χ2v) is 4.29. The van der Waals surface area contributed by atoms with Gasteiger partial charge in [-0.05, 0) is 12.5 Å². The van der Waals surface area contributed by atoms with Gasteiger partial charge >= 0.3 is 6.03 Å². The average molecular weight is 278 g/mol. The van der Waals surface area contributed by atoms with Crippen molar-refractivity contribution in [2.75, 3.05) is 14.2 Å². The molecule has 0 spiro atoms. The van der Waals surface area contributed by atoms with Crippen LogP contribution in [0.15, 0.2) is 30.3 Å². The maximum Gasteiger partial charge on any atom is 0.331 e. The number of ether oxygens (including phenoxy) is 1. The van der Waals surface area contributed by atoms with E-state index in [9.17, 15) is 14.4 Å². The number of amides is 4. The van der Waals surface area contributed by atoms with Gasteiger partial charge in [0.25, 0.3) is 0 Å². The van der Waals surface area contributed by atoms with E-state index in [0.29, 0.717) is 0 Å². The Bertz CT molecular complexity index is 467. The van der Waals surface area contributed by atoms with Crippen LogP contribution < -0.4 is 5.32 Å². The van der Waals surface area contributed by atoms with Crippen molar-refractivity contribution in [2.24, 2.45) is 0 Å². The van der Waals surface area contributed by atoms with E-state index in [-0.39, 0.29) is 12.5 Å². The summed E-state index contributed by atoms with van der Waals surface area (Å²) < 4.78 is 4.25. The highest BCUT2D eigenvalue weighted by atomic mass is 16.4. The smallest absolute Gasteiger partial charge is 0.331 e. The number of carbonyl (C=O) groups is 3. The van der Waals surface area contributed by atoms with Crippen LogP contribution in [0.4, 0.5) is 4.79 Å². The standard InChI is InChI=1S/C12H12N2O3.C2H6O/c1-8(9-5-3-2-4-6-9)14-11(16)7-10(15)13-12(14)17;1-3-2/h2-6,8H,7H2,1H3,(H,13,15,17);1-2H3. The Morgan fingerprint density at radius 2 is 1.70 bits per heavy atom. The summed E-state index contributed by atoms with van der Waals surface area (Å²) in [6.07, 6.45) is -0.275. The van der Waals surface area contributed by atoms with E-state index in [1.54, 1.807) is 21.1 Å². The van der Waals surface area contributed by atoms with Crippen molar-refractivity contribution in [1.29, 1.82) is 0 Å². The molecule has 20 heavy (non-hydrogen) atoms. The van der Waals surface area contributed by atoms with Gasteiger partial charge < -0.3 is 4.74 Å². The molecule has 0 bridgehead atoms. The number of carbonyl (C=O) groups excluding carboxylic acids is 3. The van der Waals surface area contributed by atoms with Crippen LogP contribution in [-0.2, 0) is 14.3 Å². The number of nitrogens with zero attached hydrogens (tertiary/aromatic N) is 1. The molecule has 2 rings (SSSR count). The van der Waals surface area contributed by atoms with Crippen molar-refractivity contribution >= 4 is 17.8 Å². The van der Waals surface area contributed by atoms with Gasteiger partial charge in [-0.3, -0.25) is 19.8 Å². The van der Waals surface area contributed by atoms with Crippen LogP contribution in [0.1, 0.15) is 24.9 Å². The summed E-state index contributed by atoms with van der Waals surface area (Å²) in [6.45, 7) is 1.75. The summed E-state index contributed by atoms with van der Waals surface area (Å²) in [5.74, 6) is -1.01. The molecule has 1 unspecified atom stereocenters. The second kappa shape index (κ2) is 7.40. The lowest BCUT2D eigenvalue weighted by atomic mass is 10.1. The predicted molar refractivity (Wildman–Crippen MR) is 72.8 cm³/mol. The lowest BCUT2D eigenvalue weighted by Crippen LogP contribution is -2.53. The highest BCUT2D eigenvalue weighted by Gasteiger charge is 2.34. The molecule has 1 aliphatic heterocycles. The summed E-state index contributed by atoms with van der Waals surface area (Å²) in [7, 11) is 3.25. The lowest BCUT2D eigenvalue weighted by Gasteiger charge is -2.30. The van der Waals surface area contributed by atoms with Crippen LogP contribution in [0, 0.1) is 0 Å². The van der Waals surface area contributed by atoms with Gasteiger partial charge in [0.1, 0.15) is 6.42 Å². The first kappa shape index (κ1) is 15.8. The summed E-state index contributed by atoms with van der Waals surface area (Å²) in [5.41, 5.74) is 0.852. The molecule has 4 amide bonds. The first-order valence-electron chi connectivity index (χ1n) is 6.12. The Labute approximate surface area is 117 Å². The molecular weight excluding hydrogens is 260 g/mol. The fourth-order valence-corrected chi connectivity index (χ4v) is 1.83. The number of hydrogen-bond donors (Lipinski definition) is 1. The van der Waals surface area contributed by atoms with Crippen LogP contribution >= 0.6 is 0 Å². The van der Waals surface area contributed by atoms with Crippen molar-refractivity contribution in [3.8, 4) is 0 Å². The van der Waals surface area contributed by atoms with Gasteiger partial charge in [0.15, 0.2) is 0 Å². The molecule has 1 N–H and O–H groups in total. The Hall–Kier alpha value is -2.21. The molecule has 0 aromatic heterocycles. The average Bonchev–Trinajstić information content (AvgIpc) is 2.39. The van der Waals surface area contributed by atoms with Crippen molar-refractivity contribution < 1.29 is 19.1 Å². The van der Waals surface area contributed by atoms with Gasteiger partial charge in [-0.15, -0.1) is 0 Å². The van der Waals surface area contributed by atoms with Gasteiger partial charge in [0.05, 0.1) is 6.04 Å². The van der Waals surface area contributed by atoms with Gasteiger partial charge in [-0.2, -0.15) is 0 Å². The Morgan fingerprint density at radius 3 is 2.20 bits per heavy atom. The third-order valence-corrected chi connectivity index (χ3v) is 2.71. The molecule has 1 heterocycles. The van der Waals surface area contributed by atoms with Crippen molar-refractivity contribution in [1.82, 2.24) is 10.2 Å². The molecule has 108 valence electrons. The largest absolute Gasteiger partial charge is 0.388 e. The van der Waals surface area contributed by atoms with E-state index in [4.69, 9.17) is 0 Å². The van der Waals surface area contributed by atoms with Crippen LogP contribution in [0.3, 0.4) is 0 Å². The third kappa shape index (κ3) is 3.89. The fraction of sp³-hybridized carbons (Fsp3) is 0.357. The molecule has 0 radical (unpaired) electrons. The van der Waals surface area contributed by atoms with Crippen LogP contribution in [0.2, 0.25) is 0 Å². The number of methoxy groups -OCH3 is 1.